The summed E-state index contributed by atoms with van der Waals surface area (Å²) in [6, 6.07) is 7.36. The smallest absolute Gasteiger partial charge is 0.423 e. The fourth-order valence-electron chi connectivity index (χ4n) is 1.71. The third-order valence-electron chi connectivity index (χ3n) is 2.59. The number of hydrogen-bond acceptors (Lipinski definition) is 2. The van der Waals surface area contributed by atoms with E-state index in [1.165, 1.54) is 5.57 Å². The Kier molecular flexibility index (Phi) is 3.04. The van der Waals surface area contributed by atoms with Gasteiger partial charge in [0.25, 0.3) is 0 Å². The molecule has 1 aliphatic carbocycles. The molecular formula is C12H13BO2. The van der Waals surface area contributed by atoms with Crippen LogP contribution in [-0.2, 0) is 0 Å². The van der Waals surface area contributed by atoms with Crippen LogP contribution in [0.2, 0.25) is 0 Å². The van der Waals surface area contributed by atoms with Gasteiger partial charge in [-0.2, -0.15) is 0 Å². The van der Waals surface area contributed by atoms with Crippen LogP contribution in [0.5, 0.6) is 0 Å². The van der Waals surface area contributed by atoms with Gasteiger partial charge < -0.3 is 10.0 Å². The fraction of sp³-hybridized carbons (Fsp3) is 0.167. The monoisotopic (exact) mass is 200 g/mol. The van der Waals surface area contributed by atoms with Crippen molar-refractivity contribution in [1.29, 1.82) is 0 Å². The summed E-state index contributed by atoms with van der Waals surface area (Å²) in [5.74, 6) is 0. The highest BCUT2D eigenvalue weighted by Gasteiger charge is 2.10. The molecule has 0 radical (unpaired) electrons. The Morgan fingerprint density at radius 1 is 1.07 bits per heavy atom. The number of rotatable bonds is 2. The number of benzene rings is 1. The molecule has 0 saturated heterocycles. The van der Waals surface area contributed by atoms with E-state index in [9.17, 15) is 0 Å². The molecule has 0 unspecified atom stereocenters. The lowest BCUT2D eigenvalue weighted by Gasteiger charge is -2.09. The maximum Gasteiger partial charge on any atom is 0.488 e. The Morgan fingerprint density at radius 2 is 1.80 bits per heavy atom. The van der Waals surface area contributed by atoms with Gasteiger partial charge in [0.15, 0.2) is 0 Å². The quantitative estimate of drug-likeness (QED) is 0.701. The van der Waals surface area contributed by atoms with E-state index < -0.39 is 7.12 Å². The van der Waals surface area contributed by atoms with E-state index in [2.05, 4.69) is 18.2 Å². The Labute approximate surface area is 89.7 Å². The second-order valence-corrected chi connectivity index (χ2v) is 3.65. The summed E-state index contributed by atoms with van der Waals surface area (Å²) >= 11 is 0. The highest BCUT2D eigenvalue weighted by Crippen LogP contribution is 2.22. The molecule has 0 fully saturated rings. The van der Waals surface area contributed by atoms with Gasteiger partial charge in [-0.3, -0.25) is 0 Å². The van der Waals surface area contributed by atoms with E-state index >= 15 is 0 Å². The van der Waals surface area contributed by atoms with E-state index in [0.717, 1.165) is 18.4 Å². The molecule has 1 aromatic rings. The Balaban J connectivity index is 2.23. The lowest BCUT2D eigenvalue weighted by molar-refractivity contribution is 0.426. The van der Waals surface area contributed by atoms with E-state index in [4.69, 9.17) is 10.0 Å². The molecule has 0 aromatic heterocycles. The molecule has 1 aliphatic rings. The first-order valence-corrected chi connectivity index (χ1v) is 5.09. The molecule has 0 heterocycles. The molecule has 0 bridgehead atoms. The molecule has 0 aliphatic heterocycles. The third-order valence-corrected chi connectivity index (χ3v) is 2.59. The molecule has 0 amide bonds. The molecule has 0 saturated carbocycles. The maximum atomic E-state index is 8.95. The van der Waals surface area contributed by atoms with Gasteiger partial charge in [0, 0.05) is 0 Å². The molecule has 76 valence electrons. The Morgan fingerprint density at radius 3 is 2.33 bits per heavy atom. The summed E-state index contributed by atoms with van der Waals surface area (Å²) in [7, 11) is -1.38. The SMILES string of the molecule is OB(O)c1ccc(C2=CC=CCC2)cc1. The van der Waals surface area contributed by atoms with Crippen LogP contribution in [0, 0.1) is 0 Å². The van der Waals surface area contributed by atoms with Gasteiger partial charge in [-0.25, -0.2) is 0 Å². The molecule has 2 rings (SSSR count). The minimum atomic E-state index is -1.38. The van der Waals surface area contributed by atoms with E-state index in [1.54, 1.807) is 12.1 Å². The minimum Gasteiger partial charge on any atom is -0.423 e. The van der Waals surface area contributed by atoms with Crippen molar-refractivity contribution in [2.75, 3.05) is 0 Å². The van der Waals surface area contributed by atoms with Crippen molar-refractivity contribution in [3.8, 4) is 0 Å². The molecular weight excluding hydrogens is 187 g/mol. The van der Waals surface area contributed by atoms with Crippen molar-refractivity contribution in [1.82, 2.24) is 0 Å². The second-order valence-electron chi connectivity index (χ2n) is 3.65. The fourth-order valence-corrected chi connectivity index (χ4v) is 1.71. The van der Waals surface area contributed by atoms with Crippen LogP contribution in [0.25, 0.3) is 5.57 Å². The zero-order chi connectivity index (χ0) is 10.7. The lowest BCUT2D eigenvalue weighted by atomic mass is 9.79. The third kappa shape index (κ3) is 2.38. The average molecular weight is 200 g/mol. The lowest BCUT2D eigenvalue weighted by Crippen LogP contribution is -2.29. The highest BCUT2D eigenvalue weighted by molar-refractivity contribution is 6.58. The van der Waals surface area contributed by atoms with Gasteiger partial charge in [0.05, 0.1) is 0 Å². The minimum absolute atomic E-state index is 0.533. The van der Waals surface area contributed by atoms with Crippen molar-refractivity contribution >= 4 is 18.2 Å². The number of hydrogen-bond donors (Lipinski definition) is 2. The van der Waals surface area contributed by atoms with Crippen LogP contribution < -0.4 is 5.46 Å². The molecule has 0 atom stereocenters. The van der Waals surface area contributed by atoms with Gasteiger partial charge in [-0.15, -0.1) is 0 Å². The predicted octanol–water partition coefficient (Wildman–Crippen LogP) is 1.10. The van der Waals surface area contributed by atoms with Crippen molar-refractivity contribution in [3.63, 3.8) is 0 Å². The first-order chi connectivity index (χ1) is 7.27. The molecule has 15 heavy (non-hydrogen) atoms. The van der Waals surface area contributed by atoms with Crippen LogP contribution in [0.15, 0.2) is 42.5 Å². The van der Waals surface area contributed by atoms with E-state index in [-0.39, 0.29) is 0 Å². The molecule has 2 nitrogen and oxygen atoms in total. The summed E-state index contributed by atoms with van der Waals surface area (Å²) < 4.78 is 0. The van der Waals surface area contributed by atoms with E-state index in [0.29, 0.717) is 5.46 Å². The van der Waals surface area contributed by atoms with Crippen LogP contribution in [0.3, 0.4) is 0 Å². The first-order valence-electron chi connectivity index (χ1n) is 5.09. The van der Waals surface area contributed by atoms with Crippen LogP contribution in [0.4, 0.5) is 0 Å². The van der Waals surface area contributed by atoms with Gasteiger partial charge in [-0.1, -0.05) is 42.5 Å². The average Bonchev–Trinajstić information content (AvgIpc) is 2.30. The highest BCUT2D eigenvalue weighted by atomic mass is 16.4. The zero-order valence-electron chi connectivity index (χ0n) is 8.43. The van der Waals surface area contributed by atoms with Gasteiger partial charge >= 0.3 is 7.12 Å². The normalized spacial score (nSPS) is 14.9. The molecule has 0 spiro atoms. The summed E-state index contributed by atoms with van der Waals surface area (Å²) in [5, 5.41) is 17.9. The van der Waals surface area contributed by atoms with Crippen LogP contribution in [0.1, 0.15) is 18.4 Å². The van der Waals surface area contributed by atoms with Crippen molar-refractivity contribution < 1.29 is 10.0 Å². The second kappa shape index (κ2) is 4.47. The topological polar surface area (TPSA) is 40.5 Å². The van der Waals surface area contributed by atoms with Gasteiger partial charge in [0.1, 0.15) is 0 Å². The summed E-state index contributed by atoms with van der Waals surface area (Å²) in [6.45, 7) is 0. The Hall–Kier alpha value is -1.32. The standard InChI is InChI=1S/C12H13BO2/c14-13(15)12-8-6-11(7-9-12)10-4-2-1-3-5-10/h1-2,4,6-9,14-15H,3,5H2. The zero-order valence-corrected chi connectivity index (χ0v) is 8.43. The predicted molar refractivity (Wildman–Crippen MR) is 62.6 cm³/mol. The van der Waals surface area contributed by atoms with Gasteiger partial charge in [-0.05, 0) is 29.4 Å². The molecule has 1 aromatic carbocycles. The van der Waals surface area contributed by atoms with Crippen molar-refractivity contribution in [2.45, 2.75) is 12.8 Å². The van der Waals surface area contributed by atoms with E-state index in [1.807, 2.05) is 12.1 Å². The number of allylic oxidation sites excluding steroid dienone is 4. The van der Waals surface area contributed by atoms with Gasteiger partial charge in [0.2, 0.25) is 0 Å². The summed E-state index contributed by atoms with van der Waals surface area (Å²) in [4.78, 5) is 0. The van der Waals surface area contributed by atoms with Crippen molar-refractivity contribution in [3.05, 3.63) is 48.1 Å². The molecule has 2 N–H and O–H groups in total. The largest absolute Gasteiger partial charge is 0.488 e. The Bertz CT molecular complexity index is 391. The maximum absolute atomic E-state index is 8.95. The first kappa shape index (κ1) is 10.2. The summed E-state index contributed by atoms with van der Waals surface area (Å²) in [6.07, 6.45) is 8.45. The van der Waals surface area contributed by atoms with Crippen molar-refractivity contribution in [2.24, 2.45) is 0 Å². The summed E-state index contributed by atoms with van der Waals surface area (Å²) in [5.41, 5.74) is 2.99. The van der Waals surface area contributed by atoms with Crippen LogP contribution >= 0.6 is 0 Å². The van der Waals surface area contributed by atoms with Crippen LogP contribution in [-0.4, -0.2) is 17.2 Å². The molecule has 3 heteroatoms.